The number of urea groups is 1. The zero-order valence-corrected chi connectivity index (χ0v) is 16.3. The van der Waals surface area contributed by atoms with Crippen molar-refractivity contribution >= 4 is 23.3 Å². The van der Waals surface area contributed by atoms with Crippen LogP contribution in [0, 0.1) is 12.7 Å². The van der Waals surface area contributed by atoms with E-state index in [1.165, 1.54) is 26.4 Å². The summed E-state index contributed by atoms with van der Waals surface area (Å²) in [6.07, 6.45) is 0. The van der Waals surface area contributed by atoms with Crippen molar-refractivity contribution in [1.29, 1.82) is 0 Å². The third kappa shape index (κ3) is 5.43. The fourth-order valence-corrected chi connectivity index (χ4v) is 2.61. The molecule has 0 bridgehead atoms. The Kier molecular flexibility index (Phi) is 7.34. The zero-order chi connectivity index (χ0) is 20.7. The van der Waals surface area contributed by atoms with Crippen molar-refractivity contribution in [2.45, 2.75) is 19.9 Å². The van der Waals surface area contributed by atoms with E-state index in [-0.39, 0.29) is 18.3 Å². The van der Waals surface area contributed by atoms with E-state index in [1.54, 1.807) is 38.1 Å². The van der Waals surface area contributed by atoms with Gasteiger partial charge in [-0.05, 0) is 49.2 Å². The molecule has 0 aromatic heterocycles. The molecule has 0 saturated heterocycles. The number of ether oxygens (including phenoxy) is 2. The lowest BCUT2D eigenvalue weighted by Gasteiger charge is -2.17. The lowest BCUT2D eigenvalue weighted by Crippen LogP contribution is -2.31. The lowest BCUT2D eigenvalue weighted by molar-refractivity contribution is -0.119. The molecule has 2 aromatic carbocycles. The number of nitrogens with one attached hydrogen (secondary N) is 3. The lowest BCUT2D eigenvalue weighted by atomic mass is 10.1. The molecule has 3 N–H and O–H groups in total. The van der Waals surface area contributed by atoms with Crippen LogP contribution in [0.25, 0.3) is 0 Å². The van der Waals surface area contributed by atoms with Gasteiger partial charge in [0.2, 0.25) is 5.91 Å². The van der Waals surface area contributed by atoms with Crippen LogP contribution in [0.4, 0.5) is 20.6 Å². The van der Waals surface area contributed by atoms with Gasteiger partial charge in [-0.15, -0.1) is 0 Å². The first-order valence-corrected chi connectivity index (χ1v) is 8.65. The van der Waals surface area contributed by atoms with Crippen LogP contribution in [0.2, 0.25) is 0 Å². The van der Waals surface area contributed by atoms with E-state index < -0.39 is 17.9 Å². The molecule has 0 aliphatic rings. The summed E-state index contributed by atoms with van der Waals surface area (Å²) in [5.74, 6) is -0.643. The molecule has 7 nitrogen and oxygen atoms in total. The Morgan fingerprint density at radius 1 is 1.11 bits per heavy atom. The van der Waals surface area contributed by atoms with Gasteiger partial charge in [-0.2, -0.15) is 0 Å². The average Bonchev–Trinajstić information content (AvgIpc) is 2.65. The summed E-state index contributed by atoms with van der Waals surface area (Å²) in [5.41, 5.74) is 2.42. The van der Waals surface area contributed by atoms with Crippen LogP contribution in [0.1, 0.15) is 24.1 Å². The smallest absolute Gasteiger partial charge is 0.319 e. The summed E-state index contributed by atoms with van der Waals surface area (Å²) < 4.78 is 23.5. The minimum atomic E-state index is -0.496. The SMILES string of the molecule is COCC(=O)Nc1cccc(NC(=O)NC(C)c2ccc(OC)c(F)c2)c1C. The maximum atomic E-state index is 13.9. The monoisotopic (exact) mass is 389 g/mol. The Morgan fingerprint density at radius 3 is 2.39 bits per heavy atom. The number of halogens is 1. The summed E-state index contributed by atoms with van der Waals surface area (Å²) in [4.78, 5) is 24.0. The van der Waals surface area contributed by atoms with Crippen LogP contribution in [0.5, 0.6) is 5.75 Å². The van der Waals surface area contributed by atoms with Gasteiger partial charge in [0, 0.05) is 18.5 Å². The Labute approximate surface area is 163 Å². The highest BCUT2D eigenvalue weighted by atomic mass is 19.1. The molecule has 0 saturated carbocycles. The fraction of sp³-hybridized carbons (Fsp3) is 0.300. The molecule has 0 fully saturated rings. The second-order valence-corrected chi connectivity index (χ2v) is 6.17. The van der Waals surface area contributed by atoms with Crippen molar-refractivity contribution in [3.8, 4) is 5.75 Å². The van der Waals surface area contributed by atoms with Gasteiger partial charge in [0.15, 0.2) is 11.6 Å². The van der Waals surface area contributed by atoms with E-state index in [1.807, 2.05) is 0 Å². The van der Waals surface area contributed by atoms with Crippen molar-refractivity contribution < 1.29 is 23.5 Å². The highest BCUT2D eigenvalue weighted by molar-refractivity contribution is 5.95. The normalized spacial score (nSPS) is 11.5. The maximum absolute atomic E-state index is 13.9. The Balaban J connectivity index is 2.04. The predicted molar refractivity (Wildman–Crippen MR) is 105 cm³/mol. The Hall–Kier alpha value is -3.13. The van der Waals surface area contributed by atoms with E-state index in [2.05, 4.69) is 16.0 Å². The van der Waals surface area contributed by atoms with Crippen LogP contribution in [-0.2, 0) is 9.53 Å². The first-order chi connectivity index (χ1) is 13.3. The molecule has 2 aromatic rings. The number of anilines is 2. The average molecular weight is 389 g/mol. The maximum Gasteiger partial charge on any atom is 0.319 e. The number of carbonyl (C=O) groups is 2. The summed E-state index contributed by atoms with van der Waals surface area (Å²) in [6.45, 7) is 3.46. The van der Waals surface area contributed by atoms with Gasteiger partial charge in [-0.3, -0.25) is 4.79 Å². The van der Waals surface area contributed by atoms with Crippen LogP contribution >= 0.6 is 0 Å². The van der Waals surface area contributed by atoms with E-state index in [0.717, 1.165) is 0 Å². The number of hydrogen-bond acceptors (Lipinski definition) is 4. The van der Waals surface area contributed by atoms with Gasteiger partial charge in [-0.1, -0.05) is 12.1 Å². The third-order valence-corrected chi connectivity index (χ3v) is 4.15. The predicted octanol–water partition coefficient (Wildman–Crippen LogP) is 3.61. The Morgan fingerprint density at radius 2 is 1.79 bits per heavy atom. The number of rotatable bonds is 7. The molecule has 0 heterocycles. The van der Waals surface area contributed by atoms with Crippen LogP contribution in [0.3, 0.4) is 0 Å². The standard InChI is InChI=1S/C20H24FN3O4/c1-12-16(23-19(25)11-27-3)6-5-7-17(12)24-20(26)22-13(2)14-8-9-18(28-4)15(21)10-14/h5-10,13H,11H2,1-4H3,(H,23,25)(H2,22,24,26). The van der Waals surface area contributed by atoms with E-state index in [9.17, 15) is 14.0 Å². The molecule has 3 amide bonds. The molecule has 0 aliphatic heterocycles. The van der Waals surface area contributed by atoms with Crippen molar-refractivity contribution in [1.82, 2.24) is 5.32 Å². The first-order valence-electron chi connectivity index (χ1n) is 8.65. The first kappa shape index (κ1) is 21.2. The van der Waals surface area contributed by atoms with Gasteiger partial charge in [0.25, 0.3) is 0 Å². The van der Waals surface area contributed by atoms with E-state index >= 15 is 0 Å². The minimum Gasteiger partial charge on any atom is -0.494 e. The zero-order valence-electron chi connectivity index (χ0n) is 16.3. The third-order valence-electron chi connectivity index (χ3n) is 4.15. The molecular formula is C20H24FN3O4. The molecule has 150 valence electrons. The minimum absolute atomic E-state index is 0.0620. The van der Waals surface area contributed by atoms with Crippen LogP contribution in [0.15, 0.2) is 36.4 Å². The van der Waals surface area contributed by atoms with Crippen molar-refractivity contribution in [2.24, 2.45) is 0 Å². The molecule has 2 rings (SSSR count). The van der Waals surface area contributed by atoms with Gasteiger partial charge in [-0.25, -0.2) is 9.18 Å². The number of hydrogen-bond donors (Lipinski definition) is 3. The molecule has 8 heteroatoms. The van der Waals surface area contributed by atoms with Crippen LogP contribution < -0.4 is 20.7 Å². The molecule has 0 aliphatic carbocycles. The summed E-state index contributed by atoms with van der Waals surface area (Å²) in [7, 11) is 2.83. The number of benzene rings is 2. The summed E-state index contributed by atoms with van der Waals surface area (Å²) in [5, 5.41) is 8.21. The molecular weight excluding hydrogens is 365 g/mol. The molecule has 28 heavy (non-hydrogen) atoms. The van der Waals surface area contributed by atoms with Gasteiger partial charge < -0.3 is 25.4 Å². The summed E-state index contributed by atoms with van der Waals surface area (Å²) in [6, 6.07) is 8.81. The van der Waals surface area contributed by atoms with Gasteiger partial charge >= 0.3 is 6.03 Å². The van der Waals surface area contributed by atoms with E-state index in [4.69, 9.17) is 9.47 Å². The largest absolute Gasteiger partial charge is 0.494 e. The fourth-order valence-electron chi connectivity index (χ4n) is 2.61. The van der Waals surface area contributed by atoms with Crippen molar-refractivity contribution in [2.75, 3.05) is 31.5 Å². The van der Waals surface area contributed by atoms with Crippen molar-refractivity contribution in [3.05, 3.63) is 53.3 Å². The molecule has 1 unspecified atom stereocenters. The highest BCUT2D eigenvalue weighted by Gasteiger charge is 2.14. The number of amides is 3. The topological polar surface area (TPSA) is 88.7 Å². The quantitative estimate of drug-likeness (QED) is 0.675. The number of methoxy groups -OCH3 is 2. The van der Waals surface area contributed by atoms with Gasteiger partial charge in [0.05, 0.1) is 13.2 Å². The van der Waals surface area contributed by atoms with Gasteiger partial charge in [0.1, 0.15) is 6.61 Å². The number of carbonyl (C=O) groups excluding carboxylic acids is 2. The molecule has 1 atom stereocenters. The summed E-state index contributed by atoms with van der Waals surface area (Å²) >= 11 is 0. The highest BCUT2D eigenvalue weighted by Crippen LogP contribution is 2.24. The Bertz CT molecular complexity index is 857. The second kappa shape index (κ2) is 9.70. The molecule has 0 spiro atoms. The van der Waals surface area contributed by atoms with Crippen molar-refractivity contribution in [3.63, 3.8) is 0 Å². The molecule has 0 radical (unpaired) electrons. The van der Waals surface area contributed by atoms with E-state index in [0.29, 0.717) is 22.5 Å². The van der Waals surface area contributed by atoms with Crippen LogP contribution in [-0.4, -0.2) is 32.8 Å². The second-order valence-electron chi connectivity index (χ2n) is 6.17.